The van der Waals surface area contributed by atoms with Gasteiger partial charge in [-0.1, -0.05) is 89.2 Å². The van der Waals surface area contributed by atoms with Crippen molar-refractivity contribution in [2.45, 2.75) is 84.0 Å². The number of carbonyl (C=O) groups is 1. The van der Waals surface area contributed by atoms with Gasteiger partial charge in [-0.25, -0.2) is 4.79 Å². The second-order valence-corrected chi connectivity index (χ2v) is 7.29. The number of nitrogens with two attached hydrogens (primary N) is 1. The number of halogens is 1. The highest BCUT2D eigenvalue weighted by Crippen LogP contribution is 2.22. The molecular formula is C21H35ClN2O2. The van der Waals surface area contributed by atoms with Crippen molar-refractivity contribution in [3.8, 4) is 0 Å². The minimum absolute atomic E-state index is 0.436. The smallest absolute Gasteiger partial charge is 0.411 e. The molecule has 0 heterocycles. The lowest BCUT2D eigenvalue weighted by Crippen LogP contribution is -2.14. The van der Waals surface area contributed by atoms with Crippen LogP contribution in [0.15, 0.2) is 18.2 Å². The van der Waals surface area contributed by atoms with E-state index in [0.717, 1.165) is 12.8 Å². The summed E-state index contributed by atoms with van der Waals surface area (Å²) < 4.78 is 5.18. The number of ether oxygens (including phenoxy) is 1. The predicted molar refractivity (Wildman–Crippen MR) is 112 cm³/mol. The lowest BCUT2D eigenvalue weighted by Gasteiger charge is -2.08. The number of carbonyl (C=O) groups excluding carboxylic acids is 1. The molecule has 1 rings (SSSR count). The normalized spacial score (nSPS) is 10.7. The van der Waals surface area contributed by atoms with Gasteiger partial charge < -0.3 is 10.5 Å². The van der Waals surface area contributed by atoms with Crippen LogP contribution in [0, 0.1) is 0 Å². The average Bonchev–Trinajstić information content (AvgIpc) is 2.62. The maximum absolute atomic E-state index is 11.7. The molecule has 0 radical (unpaired) electrons. The summed E-state index contributed by atoms with van der Waals surface area (Å²) in [5.41, 5.74) is 6.72. The Morgan fingerprint density at radius 3 is 2.04 bits per heavy atom. The summed E-state index contributed by atoms with van der Waals surface area (Å²) >= 11 is 5.85. The van der Waals surface area contributed by atoms with E-state index >= 15 is 0 Å². The molecule has 0 spiro atoms. The summed E-state index contributed by atoms with van der Waals surface area (Å²) in [7, 11) is 0. The van der Waals surface area contributed by atoms with Crippen LogP contribution in [0.2, 0.25) is 5.02 Å². The molecule has 0 atom stereocenters. The Labute approximate surface area is 163 Å². The van der Waals surface area contributed by atoms with Gasteiger partial charge in [0.25, 0.3) is 0 Å². The zero-order chi connectivity index (χ0) is 19.0. The Kier molecular flexibility index (Phi) is 12.8. The molecule has 1 amide bonds. The second-order valence-electron chi connectivity index (χ2n) is 6.89. The van der Waals surface area contributed by atoms with Crippen LogP contribution in [-0.4, -0.2) is 12.7 Å². The van der Waals surface area contributed by atoms with E-state index in [2.05, 4.69) is 12.2 Å². The van der Waals surface area contributed by atoms with Gasteiger partial charge in [-0.3, -0.25) is 5.32 Å². The number of hydrogen-bond donors (Lipinski definition) is 2. The van der Waals surface area contributed by atoms with Gasteiger partial charge in [0.1, 0.15) is 0 Å². The highest BCUT2D eigenvalue weighted by Gasteiger charge is 2.04. The van der Waals surface area contributed by atoms with E-state index in [1.165, 1.54) is 64.2 Å². The Hall–Kier alpha value is -1.42. The van der Waals surface area contributed by atoms with Crippen molar-refractivity contribution in [1.29, 1.82) is 0 Å². The predicted octanol–water partition coefficient (Wildman–Crippen LogP) is 7.17. The van der Waals surface area contributed by atoms with Crippen LogP contribution in [0.25, 0.3) is 0 Å². The zero-order valence-corrected chi connectivity index (χ0v) is 17.0. The molecule has 0 saturated heterocycles. The van der Waals surface area contributed by atoms with Gasteiger partial charge in [-0.05, 0) is 24.6 Å². The van der Waals surface area contributed by atoms with E-state index in [1.54, 1.807) is 18.2 Å². The van der Waals surface area contributed by atoms with Gasteiger partial charge in [0.05, 0.1) is 17.3 Å². The van der Waals surface area contributed by atoms with Crippen LogP contribution in [0.3, 0.4) is 0 Å². The largest absolute Gasteiger partial charge is 0.449 e. The molecule has 148 valence electrons. The van der Waals surface area contributed by atoms with Gasteiger partial charge >= 0.3 is 6.09 Å². The summed E-state index contributed by atoms with van der Waals surface area (Å²) in [5.74, 6) is 0. The number of anilines is 2. The number of hydrogen-bond acceptors (Lipinski definition) is 3. The molecule has 3 N–H and O–H groups in total. The number of amides is 1. The minimum atomic E-state index is -0.449. The Morgan fingerprint density at radius 2 is 1.50 bits per heavy atom. The molecule has 5 heteroatoms. The fourth-order valence-corrected chi connectivity index (χ4v) is 3.00. The molecule has 26 heavy (non-hydrogen) atoms. The Bertz CT molecular complexity index is 509. The van der Waals surface area contributed by atoms with Crippen LogP contribution in [0.1, 0.15) is 84.0 Å². The van der Waals surface area contributed by atoms with E-state index in [-0.39, 0.29) is 0 Å². The average molecular weight is 383 g/mol. The topological polar surface area (TPSA) is 64.3 Å². The zero-order valence-electron chi connectivity index (χ0n) is 16.2. The van der Waals surface area contributed by atoms with E-state index in [0.29, 0.717) is 23.0 Å². The first-order chi connectivity index (χ1) is 12.6. The third kappa shape index (κ3) is 11.2. The highest BCUT2D eigenvalue weighted by atomic mass is 35.5. The molecule has 0 fully saturated rings. The summed E-state index contributed by atoms with van der Waals surface area (Å²) in [6.45, 7) is 2.71. The van der Waals surface area contributed by atoms with Gasteiger partial charge in [0.15, 0.2) is 0 Å². The van der Waals surface area contributed by atoms with Gasteiger partial charge in [0, 0.05) is 5.69 Å². The molecule has 0 saturated carbocycles. The fourth-order valence-electron chi connectivity index (χ4n) is 2.88. The third-order valence-electron chi connectivity index (χ3n) is 4.47. The second kappa shape index (κ2) is 14.7. The van der Waals surface area contributed by atoms with Crippen molar-refractivity contribution in [2.75, 3.05) is 17.7 Å². The van der Waals surface area contributed by atoms with E-state index < -0.39 is 6.09 Å². The van der Waals surface area contributed by atoms with Crippen molar-refractivity contribution < 1.29 is 9.53 Å². The first-order valence-corrected chi connectivity index (χ1v) is 10.5. The number of unbranched alkanes of at least 4 members (excludes halogenated alkanes) is 11. The standard InChI is InChI=1S/C21H35ClN2O2/c1-2-3-4-5-6-7-8-9-10-11-12-13-16-26-21(25)24-18-14-15-19(22)20(23)17-18/h14-15,17H,2-13,16,23H2,1H3,(H,24,25). The Balaban J connectivity index is 1.91. The van der Waals surface area contributed by atoms with Crippen molar-refractivity contribution in [3.63, 3.8) is 0 Å². The molecule has 1 aromatic rings. The summed E-state index contributed by atoms with van der Waals surface area (Å²) in [6.07, 6.45) is 15.0. The van der Waals surface area contributed by atoms with Gasteiger partial charge in [0.2, 0.25) is 0 Å². The molecule has 0 aliphatic heterocycles. The number of rotatable bonds is 14. The van der Waals surface area contributed by atoms with Gasteiger partial charge in [-0.15, -0.1) is 0 Å². The third-order valence-corrected chi connectivity index (χ3v) is 4.82. The molecule has 0 aliphatic rings. The van der Waals surface area contributed by atoms with Crippen LogP contribution in [0.5, 0.6) is 0 Å². The van der Waals surface area contributed by atoms with Crippen molar-refractivity contribution >= 4 is 29.1 Å². The van der Waals surface area contributed by atoms with Crippen LogP contribution in [0.4, 0.5) is 16.2 Å². The van der Waals surface area contributed by atoms with Gasteiger partial charge in [-0.2, -0.15) is 0 Å². The van der Waals surface area contributed by atoms with E-state index in [4.69, 9.17) is 22.1 Å². The van der Waals surface area contributed by atoms with Crippen molar-refractivity contribution in [2.24, 2.45) is 0 Å². The summed E-state index contributed by atoms with van der Waals surface area (Å²) in [5, 5.41) is 3.13. The molecule has 0 bridgehead atoms. The molecule has 0 aliphatic carbocycles. The van der Waals surface area contributed by atoms with E-state index in [1.807, 2.05) is 0 Å². The first kappa shape index (κ1) is 22.6. The summed E-state index contributed by atoms with van der Waals surface area (Å²) in [6, 6.07) is 4.97. The number of benzene rings is 1. The first-order valence-electron chi connectivity index (χ1n) is 10.1. The minimum Gasteiger partial charge on any atom is -0.449 e. The molecule has 0 aromatic heterocycles. The number of nitrogen functional groups attached to an aromatic ring is 1. The highest BCUT2D eigenvalue weighted by molar-refractivity contribution is 6.33. The van der Waals surface area contributed by atoms with Crippen LogP contribution < -0.4 is 11.1 Å². The lowest BCUT2D eigenvalue weighted by atomic mass is 10.1. The molecule has 0 unspecified atom stereocenters. The molecule has 4 nitrogen and oxygen atoms in total. The fraction of sp³-hybridized carbons (Fsp3) is 0.667. The lowest BCUT2D eigenvalue weighted by molar-refractivity contribution is 0.159. The summed E-state index contributed by atoms with van der Waals surface area (Å²) in [4.78, 5) is 11.7. The van der Waals surface area contributed by atoms with Crippen molar-refractivity contribution in [3.05, 3.63) is 23.2 Å². The maximum Gasteiger partial charge on any atom is 0.411 e. The molecular weight excluding hydrogens is 348 g/mol. The Morgan fingerprint density at radius 1 is 0.962 bits per heavy atom. The SMILES string of the molecule is CCCCCCCCCCCCCCOC(=O)Nc1ccc(Cl)c(N)c1. The van der Waals surface area contributed by atoms with Crippen LogP contribution in [-0.2, 0) is 4.74 Å². The quantitative estimate of drug-likeness (QED) is 0.264. The monoisotopic (exact) mass is 382 g/mol. The maximum atomic E-state index is 11.7. The number of nitrogens with one attached hydrogen (secondary N) is 1. The van der Waals surface area contributed by atoms with Crippen molar-refractivity contribution in [1.82, 2.24) is 0 Å². The van der Waals surface area contributed by atoms with E-state index in [9.17, 15) is 4.79 Å². The molecule has 1 aromatic carbocycles. The van der Waals surface area contributed by atoms with Crippen LogP contribution >= 0.6 is 11.6 Å².